The van der Waals surface area contributed by atoms with E-state index in [2.05, 4.69) is 10.6 Å². The number of nitrogens with one attached hydrogen (secondary N) is 2. The Morgan fingerprint density at radius 1 is 1.48 bits per heavy atom. The van der Waals surface area contributed by atoms with Gasteiger partial charge in [0, 0.05) is 26.7 Å². The third-order valence-corrected chi connectivity index (χ3v) is 5.50. The Hall–Kier alpha value is -1.09. The molecule has 0 aromatic carbocycles. The zero-order valence-electron chi connectivity index (χ0n) is 13.6. The van der Waals surface area contributed by atoms with Crippen LogP contribution in [-0.4, -0.2) is 52.4 Å². The van der Waals surface area contributed by atoms with Gasteiger partial charge in [0.25, 0.3) is 15.9 Å². The normalized spacial score (nSPS) is 18.5. The van der Waals surface area contributed by atoms with Crippen molar-refractivity contribution in [2.75, 3.05) is 33.7 Å². The minimum absolute atomic E-state index is 0. The number of sulfonamides is 1. The number of carbonyl (C=O) groups excluding carboxylic acids is 1. The first-order chi connectivity index (χ1) is 10.3. The molecule has 1 fully saturated rings. The summed E-state index contributed by atoms with van der Waals surface area (Å²) in [5, 5.41) is 5.94. The van der Waals surface area contributed by atoms with E-state index in [4.69, 9.17) is 4.42 Å². The number of furan rings is 1. The maximum absolute atomic E-state index is 12.2. The second kappa shape index (κ2) is 8.14. The first-order valence-electron chi connectivity index (χ1n) is 7.34. The molecule has 7 nitrogen and oxygen atoms in total. The molecule has 1 aliphatic heterocycles. The van der Waals surface area contributed by atoms with Crippen LogP contribution in [0.2, 0.25) is 0 Å². The van der Waals surface area contributed by atoms with Crippen molar-refractivity contribution in [2.24, 2.45) is 5.92 Å². The average Bonchev–Trinajstić information content (AvgIpc) is 2.88. The molecule has 1 atom stereocenters. The number of nitrogens with zero attached hydrogens (tertiary/aromatic N) is 1. The number of hydrogen-bond acceptors (Lipinski definition) is 5. The highest BCUT2D eigenvalue weighted by atomic mass is 35.5. The number of rotatable bonds is 5. The molecule has 1 amide bonds. The SMILES string of the molecule is Cc1oc(S(=O)(=O)N(C)C)cc1C(=O)NCC1CCCNC1.Cl. The van der Waals surface area contributed by atoms with E-state index in [9.17, 15) is 13.2 Å². The molecule has 1 aliphatic rings. The number of hydrogen-bond donors (Lipinski definition) is 2. The molecule has 0 radical (unpaired) electrons. The molecule has 0 aliphatic carbocycles. The summed E-state index contributed by atoms with van der Waals surface area (Å²) in [6, 6.07) is 1.29. The van der Waals surface area contributed by atoms with Crippen LogP contribution in [0.1, 0.15) is 29.0 Å². The van der Waals surface area contributed by atoms with Gasteiger partial charge in [0.2, 0.25) is 5.09 Å². The lowest BCUT2D eigenvalue weighted by Crippen LogP contribution is -2.38. The van der Waals surface area contributed by atoms with Crippen LogP contribution in [0.4, 0.5) is 0 Å². The second-order valence-corrected chi connectivity index (χ2v) is 7.83. The van der Waals surface area contributed by atoms with Crippen molar-refractivity contribution in [3.05, 3.63) is 17.4 Å². The molecule has 132 valence electrons. The van der Waals surface area contributed by atoms with Gasteiger partial charge in [0.15, 0.2) is 0 Å². The van der Waals surface area contributed by atoms with Crippen LogP contribution in [0.15, 0.2) is 15.6 Å². The monoisotopic (exact) mass is 365 g/mol. The fourth-order valence-electron chi connectivity index (χ4n) is 2.42. The summed E-state index contributed by atoms with van der Waals surface area (Å²) in [6.07, 6.45) is 2.19. The van der Waals surface area contributed by atoms with E-state index in [0.717, 1.165) is 30.2 Å². The van der Waals surface area contributed by atoms with Gasteiger partial charge in [-0.15, -0.1) is 12.4 Å². The smallest absolute Gasteiger partial charge is 0.275 e. The maximum Gasteiger partial charge on any atom is 0.275 e. The van der Waals surface area contributed by atoms with E-state index in [1.165, 1.54) is 20.2 Å². The summed E-state index contributed by atoms with van der Waals surface area (Å²) < 4.78 is 30.3. The lowest BCUT2D eigenvalue weighted by molar-refractivity contribution is 0.0943. The van der Waals surface area contributed by atoms with Crippen LogP contribution >= 0.6 is 12.4 Å². The van der Waals surface area contributed by atoms with Crippen LogP contribution in [0.5, 0.6) is 0 Å². The molecule has 0 spiro atoms. The summed E-state index contributed by atoms with van der Waals surface area (Å²) in [5.41, 5.74) is 0.268. The highest BCUT2D eigenvalue weighted by Gasteiger charge is 2.26. The van der Waals surface area contributed by atoms with Crippen molar-refractivity contribution >= 4 is 28.3 Å². The molecule has 0 saturated carbocycles. The predicted molar refractivity (Wildman–Crippen MR) is 89.5 cm³/mol. The van der Waals surface area contributed by atoms with Crippen molar-refractivity contribution in [3.8, 4) is 0 Å². The Bertz CT molecular complexity index is 636. The van der Waals surface area contributed by atoms with E-state index in [1.54, 1.807) is 6.92 Å². The van der Waals surface area contributed by atoms with Gasteiger partial charge in [-0.1, -0.05) is 0 Å². The van der Waals surface area contributed by atoms with Gasteiger partial charge in [-0.3, -0.25) is 4.79 Å². The van der Waals surface area contributed by atoms with Gasteiger partial charge in [-0.05, 0) is 38.8 Å². The van der Waals surface area contributed by atoms with Crippen molar-refractivity contribution in [1.82, 2.24) is 14.9 Å². The quantitative estimate of drug-likeness (QED) is 0.811. The molecule has 1 aromatic rings. The molecule has 0 bridgehead atoms. The Morgan fingerprint density at radius 2 is 2.17 bits per heavy atom. The molecule has 2 rings (SSSR count). The molecule has 1 aromatic heterocycles. The lowest BCUT2D eigenvalue weighted by Gasteiger charge is -2.22. The van der Waals surface area contributed by atoms with Crippen LogP contribution in [-0.2, 0) is 10.0 Å². The van der Waals surface area contributed by atoms with Gasteiger partial charge >= 0.3 is 0 Å². The fraction of sp³-hybridized carbons (Fsp3) is 0.643. The summed E-state index contributed by atoms with van der Waals surface area (Å²) in [4.78, 5) is 12.2. The molecule has 9 heteroatoms. The third kappa shape index (κ3) is 4.69. The van der Waals surface area contributed by atoms with Crippen molar-refractivity contribution in [3.63, 3.8) is 0 Å². The van der Waals surface area contributed by atoms with Gasteiger partial charge in [0.05, 0.1) is 5.56 Å². The molecule has 1 saturated heterocycles. The summed E-state index contributed by atoms with van der Waals surface area (Å²) in [5.74, 6) is 0.418. The van der Waals surface area contributed by atoms with Crippen LogP contribution < -0.4 is 10.6 Å². The van der Waals surface area contributed by atoms with Gasteiger partial charge < -0.3 is 15.1 Å². The number of piperidine rings is 1. The predicted octanol–water partition coefficient (Wildman–Crippen LogP) is 0.990. The van der Waals surface area contributed by atoms with Gasteiger partial charge in [-0.25, -0.2) is 12.7 Å². The molecular formula is C14H24ClN3O4S. The molecule has 2 heterocycles. The summed E-state index contributed by atoms with van der Waals surface area (Å²) in [6.45, 7) is 4.08. The Balaban J connectivity index is 0.00000264. The number of carbonyl (C=O) groups is 1. The molecule has 2 N–H and O–H groups in total. The van der Waals surface area contributed by atoms with Crippen LogP contribution in [0.3, 0.4) is 0 Å². The fourth-order valence-corrected chi connectivity index (χ4v) is 3.27. The molecule has 1 unspecified atom stereocenters. The van der Waals surface area contributed by atoms with E-state index < -0.39 is 10.0 Å². The Kier molecular flexibility index (Phi) is 7.06. The van der Waals surface area contributed by atoms with E-state index in [-0.39, 0.29) is 29.0 Å². The highest BCUT2D eigenvalue weighted by molar-refractivity contribution is 7.88. The number of aryl methyl sites for hydroxylation is 1. The van der Waals surface area contributed by atoms with Crippen molar-refractivity contribution in [1.29, 1.82) is 0 Å². The zero-order valence-corrected chi connectivity index (χ0v) is 15.2. The number of amides is 1. The lowest BCUT2D eigenvalue weighted by atomic mass is 10.00. The standard InChI is InChI=1S/C14H23N3O4S.ClH/c1-10-12(7-13(21-10)22(19,20)17(2)3)14(18)16-9-11-5-4-6-15-8-11;/h7,11,15H,4-6,8-9H2,1-3H3,(H,16,18);1H. The zero-order chi connectivity index (χ0) is 16.3. The van der Waals surface area contributed by atoms with E-state index in [0.29, 0.717) is 18.2 Å². The van der Waals surface area contributed by atoms with Gasteiger partial charge in [-0.2, -0.15) is 0 Å². The first-order valence-corrected chi connectivity index (χ1v) is 8.78. The van der Waals surface area contributed by atoms with Crippen LogP contribution in [0, 0.1) is 12.8 Å². The molecular weight excluding hydrogens is 342 g/mol. The second-order valence-electron chi connectivity index (χ2n) is 5.75. The summed E-state index contributed by atoms with van der Waals surface area (Å²) in [7, 11) is -0.832. The highest BCUT2D eigenvalue weighted by Crippen LogP contribution is 2.21. The topological polar surface area (TPSA) is 91.7 Å². The summed E-state index contributed by atoms with van der Waals surface area (Å²) >= 11 is 0. The minimum Gasteiger partial charge on any atom is -0.448 e. The third-order valence-electron chi connectivity index (χ3n) is 3.82. The maximum atomic E-state index is 12.2. The van der Waals surface area contributed by atoms with E-state index >= 15 is 0 Å². The average molecular weight is 366 g/mol. The van der Waals surface area contributed by atoms with E-state index in [1.807, 2.05) is 0 Å². The largest absolute Gasteiger partial charge is 0.448 e. The van der Waals surface area contributed by atoms with Crippen molar-refractivity contribution < 1.29 is 17.6 Å². The number of halogens is 1. The Morgan fingerprint density at radius 3 is 2.74 bits per heavy atom. The van der Waals surface area contributed by atoms with Gasteiger partial charge in [0.1, 0.15) is 5.76 Å². The first kappa shape index (κ1) is 20.0. The van der Waals surface area contributed by atoms with Crippen LogP contribution in [0.25, 0.3) is 0 Å². The Labute approximate surface area is 143 Å². The molecule has 23 heavy (non-hydrogen) atoms. The van der Waals surface area contributed by atoms with Crippen molar-refractivity contribution in [2.45, 2.75) is 24.9 Å². The minimum atomic E-state index is -3.67.